The SMILES string of the molecule is O=[N+]([O-])[O-].[Cl-].[K+].[Na+]. The maximum absolute atomic E-state index is 8.25. The molecule has 0 N–H and O–H groups in total. The fourth-order valence-electron chi connectivity index (χ4n) is 0. The van der Waals surface area contributed by atoms with Crippen LogP contribution in [0.15, 0.2) is 0 Å². The summed E-state index contributed by atoms with van der Waals surface area (Å²) in [6.07, 6.45) is 0. The van der Waals surface area contributed by atoms with Crippen molar-refractivity contribution in [3.05, 3.63) is 15.3 Å². The van der Waals surface area contributed by atoms with Crippen molar-refractivity contribution >= 4 is 0 Å². The predicted molar refractivity (Wildman–Crippen MR) is 10.4 cm³/mol. The van der Waals surface area contributed by atoms with Gasteiger partial charge >= 0.3 is 80.9 Å². The molecule has 7 heavy (non-hydrogen) atoms. The predicted octanol–water partition coefficient (Wildman–Crippen LogP) is -9.23. The van der Waals surface area contributed by atoms with E-state index in [9.17, 15) is 0 Å². The Labute approximate surface area is 111 Å². The van der Waals surface area contributed by atoms with Gasteiger partial charge in [-0.15, -0.1) is 0 Å². The van der Waals surface area contributed by atoms with E-state index in [0.717, 1.165) is 0 Å². The number of hydrogen-bond acceptors (Lipinski definition) is 3. The molecule has 7 heteroatoms. The van der Waals surface area contributed by atoms with E-state index in [1.54, 1.807) is 0 Å². The summed E-state index contributed by atoms with van der Waals surface area (Å²) in [6, 6.07) is 0. The Morgan fingerprint density at radius 3 is 1.29 bits per heavy atom. The molecule has 0 aromatic rings. The van der Waals surface area contributed by atoms with Crippen LogP contribution in [0.3, 0.4) is 0 Å². The third-order valence-electron chi connectivity index (χ3n) is 0. The molecule has 0 aliphatic carbocycles. The normalized spacial score (nSPS) is 3.43. The maximum Gasteiger partial charge on any atom is 1.00 e. The monoisotopic (exact) mass is 159 g/mol. The van der Waals surface area contributed by atoms with E-state index in [1.807, 2.05) is 0 Å². The van der Waals surface area contributed by atoms with Crippen molar-refractivity contribution in [2.24, 2.45) is 0 Å². The minimum absolute atomic E-state index is 0. The second kappa shape index (κ2) is 15.7. The van der Waals surface area contributed by atoms with Crippen LogP contribution in [0.25, 0.3) is 0 Å². The van der Waals surface area contributed by atoms with Crippen molar-refractivity contribution in [1.82, 2.24) is 0 Å². The van der Waals surface area contributed by atoms with Gasteiger partial charge in [0, 0.05) is 0 Å². The van der Waals surface area contributed by atoms with Gasteiger partial charge < -0.3 is 27.7 Å². The van der Waals surface area contributed by atoms with Gasteiger partial charge in [0.15, 0.2) is 0 Å². The molecule has 0 aliphatic heterocycles. The van der Waals surface area contributed by atoms with Crippen molar-refractivity contribution < 1.29 is 98.4 Å². The molecule has 0 bridgehead atoms. The fourth-order valence-corrected chi connectivity index (χ4v) is 0. The van der Waals surface area contributed by atoms with Crippen LogP contribution in [0.4, 0.5) is 0 Å². The first kappa shape index (κ1) is 22.9. The number of nitrogens with zero attached hydrogens (tertiary/aromatic N) is 1. The third-order valence-corrected chi connectivity index (χ3v) is 0. The van der Waals surface area contributed by atoms with Crippen LogP contribution >= 0.6 is 0 Å². The van der Waals surface area contributed by atoms with Crippen molar-refractivity contribution in [2.75, 3.05) is 0 Å². The quantitative estimate of drug-likeness (QED) is 0.200. The Hall–Kier alpha value is 2.13. The first-order chi connectivity index (χ1) is 1.73. The molecule has 32 valence electrons. The molecule has 0 unspecified atom stereocenters. The van der Waals surface area contributed by atoms with Crippen molar-refractivity contribution in [1.29, 1.82) is 0 Å². The molecular weight excluding hydrogens is 160 g/mol. The van der Waals surface area contributed by atoms with Gasteiger partial charge in [0.25, 0.3) is 0 Å². The average molecular weight is 160 g/mol. The van der Waals surface area contributed by atoms with E-state index in [1.165, 1.54) is 0 Å². The molecule has 0 saturated heterocycles. The van der Waals surface area contributed by atoms with E-state index in [2.05, 4.69) is 0 Å². The molecule has 0 aromatic carbocycles. The van der Waals surface area contributed by atoms with Gasteiger partial charge in [0.1, 0.15) is 0 Å². The Morgan fingerprint density at radius 1 is 1.29 bits per heavy atom. The van der Waals surface area contributed by atoms with Gasteiger partial charge in [-0.3, -0.25) is 0 Å². The Morgan fingerprint density at radius 2 is 1.29 bits per heavy atom. The molecular formula is ClKNNaO3. The van der Waals surface area contributed by atoms with Crippen LogP contribution in [0.5, 0.6) is 0 Å². The summed E-state index contributed by atoms with van der Waals surface area (Å²) in [5, 5.41) is 14.8. The zero-order chi connectivity index (χ0) is 3.58. The van der Waals surface area contributed by atoms with E-state index >= 15 is 0 Å². The summed E-state index contributed by atoms with van der Waals surface area (Å²) in [4.78, 5) is 8.25. The van der Waals surface area contributed by atoms with Crippen LogP contribution < -0.4 is 93.3 Å². The molecule has 4 nitrogen and oxygen atoms in total. The minimum atomic E-state index is -1.75. The molecule has 0 spiro atoms. The van der Waals surface area contributed by atoms with E-state index in [-0.39, 0.29) is 93.3 Å². The zero-order valence-corrected chi connectivity index (χ0v) is 9.93. The summed E-state index contributed by atoms with van der Waals surface area (Å²) >= 11 is 0. The number of rotatable bonds is 0. The van der Waals surface area contributed by atoms with Gasteiger partial charge in [-0.05, 0) is 0 Å². The minimum Gasteiger partial charge on any atom is -1.00 e. The van der Waals surface area contributed by atoms with Crippen molar-refractivity contribution in [3.8, 4) is 0 Å². The molecule has 0 fully saturated rings. The van der Waals surface area contributed by atoms with Crippen LogP contribution in [0.1, 0.15) is 0 Å². The van der Waals surface area contributed by atoms with E-state index in [4.69, 9.17) is 15.3 Å². The van der Waals surface area contributed by atoms with E-state index < -0.39 is 5.09 Å². The van der Waals surface area contributed by atoms with Crippen LogP contribution in [0.2, 0.25) is 0 Å². The molecule has 0 rings (SSSR count). The molecule has 0 amide bonds. The molecule has 0 atom stereocenters. The summed E-state index contributed by atoms with van der Waals surface area (Å²) in [6.45, 7) is 0. The molecule has 0 aliphatic rings. The second-order valence-corrected chi connectivity index (χ2v) is 0.224. The first-order valence-corrected chi connectivity index (χ1v) is 0.548. The second-order valence-electron chi connectivity index (χ2n) is 0.224. The Kier molecular flexibility index (Phi) is 51.5. The third kappa shape index (κ3) is 67.5. The van der Waals surface area contributed by atoms with Crippen LogP contribution in [0, 0.1) is 15.3 Å². The number of halogens is 1. The smallest absolute Gasteiger partial charge is 1.00 e. The molecule has 0 heterocycles. The Bertz CT molecular complexity index is 37.9. The first-order valence-electron chi connectivity index (χ1n) is 0.548. The van der Waals surface area contributed by atoms with Crippen molar-refractivity contribution in [3.63, 3.8) is 0 Å². The molecule has 0 aromatic heterocycles. The number of hydrogen-bond donors (Lipinski definition) is 0. The van der Waals surface area contributed by atoms with Crippen LogP contribution in [-0.2, 0) is 0 Å². The largest absolute Gasteiger partial charge is 1.00 e. The average Bonchev–Trinajstić information content (AvgIpc) is 0.811. The summed E-state index contributed by atoms with van der Waals surface area (Å²) < 4.78 is 0. The van der Waals surface area contributed by atoms with Gasteiger partial charge in [-0.2, -0.15) is 0 Å². The summed E-state index contributed by atoms with van der Waals surface area (Å²) in [5.41, 5.74) is 0. The van der Waals surface area contributed by atoms with Crippen LogP contribution in [-0.4, -0.2) is 5.09 Å². The molecule has 0 saturated carbocycles. The van der Waals surface area contributed by atoms with Gasteiger partial charge in [-0.25, -0.2) is 0 Å². The fraction of sp³-hybridized carbons (Fsp3) is 0. The topological polar surface area (TPSA) is 66.2 Å². The molecule has 0 radical (unpaired) electrons. The van der Waals surface area contributed by atoms with Gasteiger partial charge in [-0.1, -0.05) is 0 Å². The summed E-state index contributed by atoms with van der Waals surface area (Å²) in [5.74, 6) is 0. The van der Waals surface area contributed by atoms with Crippen molar-refractivity contribution in [2.45, 2.75) is 0 Å². The summed E-state index contributed by atoms with van der Waals surface area (Å²) in [7, 11) is 0. The maximum atomic E-state index is 8.25. The Balaban J connectivity index is -0.0000000150. The van der Waals surface area contributed by atoms with Gasteiger partial charge in [0.05, 0.1) is 5.09 Å². The zero-order valence-electron chi connectivity index (χ0n) is 4.05. The van der Waals surface area contributed by atoms with Gasteiger partial charge in [0.2, 0.25) is 0 Å². The standard InChI is InChI=1S/ClH.K.NO3.Na/c;;2-1(3)4;/h1H;;;/q;+1;-1;+1/p-1. The van der Waals surface area contributed by atoms with E-state index in [0.29, 0.717) is 0 Å².